The Hall–Kier alpha value is -3.29. The fraction of sp³-hybridized carbons (Fsp3) is 0.409. The number of rotatable bonds is 5. The number of carbonyl (C=O) groups is 1. The summed E-state index contributed by atoms with van der Waals surface area (Å²) < 4.78 is 5.27. The maximum Gasteiger partial charge on any atom is 0.259 e. The first-order chi connectivity index (χ1) is 14.6. The van der Waals surface area contributed by atoms with Crippen molar-refractivity contribution in [2.45, 2.75) is 39.0 Å². The van der Waals surface area contributed by atoms with Crippen molar-refractivity contribution in [1.29, 1.82) is 0 Å². The van der Waals surface area contributed by atoms with Gasteiger partial charge < -0.3 is 14.7 Å². The highest BCUT2D eigenvalue weighted by Crippen LogP contribution is 2.30. The van der Waals surface area contributed by atoms with Crippen LogP contribution in [0.15, 0.2) is 35.1 Å². The van der Waals surface area contributed by atoms with Crippen molar-refractivity contribution in [1.82, 2.24) is 25.0 Å². The molecule has 0 unspecified atom stereocenters. The second-order valence-corrected chi connectivity index (χ2v) is 7.50. The zero-order valence-corrected chi connectivity index (χ0v) is 17.6. The number of nitrogens with one attached hydrogen (secondary N) is 1. The third-order valence-corrected chi connectivity index (χ3v) is 5.53. The summed E-state index contributed by atoms with van der Waals surface area (Å²) >= 11 is 0. The molecule has 3 aromatic rings. The highest BCUT2D eigenvalue weighted by atomic mass is 16.5. The highest BCUT2D eigenvalue weighted by Gasteiger charge is 2.30. The van der Waals surface area contributed by atoms with Gasteiger partial charge in [-0.2, -0.15) is 0 Å². The number of hydrogen-bond donors (Lipinski definition) is 1. The fourth-order valence-corrected chi connectivity index (χ4v) is 3.92. The van der Waals surface area contributed by atoms with Gasteiger partial charge in [-0.05, 0) is 38.3 Å². The molecule has 1 fully saturated rings. The van der Waals surface area contributed by atoms with Crippen molar-refractivity contribution in [3.63, 3.8) is 0 Å². The first-order valence-corrected chi connectivity index (χ1v) is 10.3. The van der Waals surface area contributed by atoms with Crippen molar-refractivity contribution in [2.75, 3.05) is 25.5 Å². The van der Waals surface area contributed by atoms with Crippen LogP contribution in [0.4, 0.5) is 5.82 Å². The van der Waals surface area contributed by atoms with Crippen LogP contribution in [0.1, 0.15) is 53.2 Å². The van der Waals surface area contributed by atoms with E-state index in [1.165, 1.54) is 0 Å². The number of amides is 1. The largest absolute Gasteiger partial charge is 0.373 e. The monoisotopic (exact) mass is 406 g/mol. The molecule has 0 aliphatic carbocycles. The molecule has 0 aromatic carbocycles. The van der Waals surface area contributed by atoms with E-state index in [9.17, 15) is 4.79 Å². The van der Waals surface area contributed by atoms with Crippen molar-refractivity contribution < 1.29 is 9.32 Å². The number of aromatic nitrogens is 4. The van der Waals surface area contributed by atoms with Crippen LogP contribution in [0, 0.1) is 6.92 Å². The smallest absolute Gasteiger partial charge is 0.259 e. The molecule has 0 spiro atoms. The van der Waals surface area contributed by atoms with Crippen LogP contribution in [-0.2, 0) is 6.42 Å². The molecule has 8 heteroatoms. The molecule has 0 saturated carbocycles. The number of piperidine rings is 1. The van der Waals surface area contributed by atoms with Crippen LogP contribution in [0.5, 0.6) is 0 Å². The van der Waals surface area contributed by atoms with Crippen molar-refractivity contribution in [3.8, 4) is 11.4 Å². The molecule has 4 heterocycles. The third kappa shape index (κ3) is 3.90. The Morgan fingerprint density at radius 2 is 2.23 bits per heavy atom. The fourth-order valence-electron chi connectivity index (χ4n) is 3.92. The van der Waals surface area contributed by atoms with Crippen molar-refractivity contribution in [3.05, 3.63) is 53.3 Å². The Morgan fingerprint density at radius 1 is 1.37 bits per heavy atom. The molecule has 0 radical (unpaired) electrons. The highest BCUT2D eigenvalue weighted by molar-refractivity contribution is 5.96. The maximum atomic E-state index is 13.2. The van der Waals surface area contributed by atoms with E-state index in [2.05, 4.69) is 20.4 Å². The zero-order valence-electron chi connectivity index (χ0n) is 17.6. The summed E-state index contributed by atoms with van der Waals surface area (Å²) in [5, 5.41) is 7.16. The van der Waals surface area contributed by atoms with E-state index in [4.69, 9.17) is 9.51 Å². The SMILES string of the molecule is CCc1noc(C)c1C(=O)N1CCC[C@H](c2cc(NC)nc(-c3cccnc3)n2)C1. The molecular formula is C22H26N6O2. The molecule has 30 heavy (non-hydrogen) atoms. The lowest BCUT2D eigenvalue weighted by atomic mass is 9.93. The minimum absolute atomic E-state index is 0.00863. The number of carbonyl (C=O) groups excluding carboxylic acids is 1. The third-order valence-electron chi connectivity index (χ3n) is 5.53. The van der Waals surface area contributed by atoms with E-state index >= 15 is 0 Å². The average Bonchev–Trinajstić information content (AvgIpc) is 3.19. The second-order valence-electron chi connectivity index (χ2n) is 7.50. The van der Waals surface area contributed by atoms with E-state index in [-0.39, 0.29) is 11.8 Å². The summed E-state index contributed by atoms with van der Waals surface area (Å²) in [5.41, 5.74) is 3.13. The van der Waals surface area contributed by atoms with Gasteiger partial charge in [0.25, 0.3) is 5.91 Å². The van der Waals surface area contributed by atoms with E-state index in [1.807, 2.05) is 37.1 Å². The van der Waals surface area contributed by atoms with Gasteiger partial charge in [0.15, 0.2) is 5.82 Å². The second kappa shape index (κ2) is 8.61. The Bertz CT molecular complexity index is 1030. The van der Waals surface area contributed by atoms with Gasteiger partial charge in [-0.15, -0.1) is 0 Å². The van der Waals surface area contributed by atoms with Gasteiger partial charge in [-0.1, -0.05) is 12.1 Å². The molecule has 1 N–H and O–H groups in total. The quantitative estimate of drug-likeness (QED) is 0.693. The molecule has 1 atom stereocenters. The average molecular weight is 406 g/mol. The van der Waals surface area contributed by atoms with Crippen molar-refractivity contribution >= 4 is 11.7 Å². The van der Waals surface area contributed by atoms with Crippen LogP contribution in [0.2, 0.25) is 0 Å². The zero-order chi connectivity index (χ0) is 21.1. The van der Waals surface area contributed by atoms with Gasteiger partial charge in [-0.25, -0.2) is 9.97 Å². The molecular weight excluding hydrogens is 380 g/mol. The van der Waals surface area contributed by atoms with E-state index in [0.29, 0.717) is 30.1 Å². The first-order valence-electron chi connectivity index (χ1n) is 10.3. The number of anilines is 1. The summed E-state index contributed by atoms with van der Waals surface area (Å²) in [4.78, 5) is 28.7. The summed E-state index contributed by atoms with van der Waals surface area (Å²) in [5.74, 6) is 2.10. The number of pyridine rings is 1. The Kier molecular flexibility index (Phi) is 5.74. The van der Waals surface area contributed by atoms with E-state index < -0.39 is 0 Å². The first kappa shape index (κ1) is 20.0. The standard InChI is InChI=1S/C22H26N6O2/c1-4-17-20(14(2)30-27-17)22(29)28-10-6-8-16(13-28)18-11-19(23-3)26-21(25-18)15-7-5-9-24-12-15/h5,7,9,11-12,16H,4,6,8,10,13H2,1-3H3,(H,23,25,26)/t16-/m0/s1. The molecule has 1 aliphatic rings. The number of aryl methyl sites for hydroxylation is 2. The van der Waals surface area contributed by atoms with Crippen LogP contribution in [0.3, 0.4) is 0 Å². The molecule has 1 aliphatic heterocycles. The van der Waals surface area contributed by atoms with Crippen LogP contribution in [0.25, 0.3) is 11.4 Å². The Labute approximate surface area is 175 Å². The normalized spacial score (nSPS) is 16.5. The molecule has 1 saturated heterocycles. The van der Waals surface area contributed by atoms with Gasteiger partial charge in [0.05, 0.1) is 11.4 Å². The minimum atomic E-state index is -0.00863. The summed E-state index contributed by atoms with van der Waals surface area (Å²) in [6.07, 6.45) is 6.05. The predicted octanol–water partition coefficient (Wildman–Crippen LogP) is 3.46. The Balaban J connectivity index is 1.62. The van der Waals surface area contributed by atoms with E-state index in [0.717, 1.165) is 42.2 Å². The Morgan fingerprint density at radius 3 is 2.97 bits per heavy atom. The lowest BCUT2D eigenvalue weighted by Crippen LogP contribution is -2.39. The predicted molar refractivity (Wildman–Crippen MR) is 113 cm³/mol. The lowest BCUT2D eigenvalue weighted by Gasteiger charge is -2.32. The van der Waals surface area contributed by atoms with Gasteiger partial charge in [0.2, 0.25) is 0 Å². The summed E-state index contributed by atoms with van der Waals surface area (Å²) in [7, 11) is 1.84. The maximum absolute atomic E-state index is 13.2. The van der Waals surface area contributed by atoms with Gasteiger partial charge in [0, 0.05) is 50.1 Å². The summed E-state index contributed by atoms with van der Waals surface area (Å²) in [6, 6.07) is 5.79. The lowest BCUT2D eigenvalue weighted by molar-refractivity contribution is 0.0703. The number of likely N-dealkylation sites (tertiary alicyclic amines) is 1. The molecule has 1 amide bonds. The topological polar surface area (TPSA) is 97.0 Å². The van der Waals surface area contributed by atoms with Crippen molar-refractivity contribution in [2.24, 2.45) is 0 Å². The number of nitrogens with zero attached hydrogens (tertiary/aromatic N) is 5. The van der Waals surface area contributed by atoms with Gasteiger partial charge in [0.1, 0.15) is 17.1 Å². The minimum Gasteiger partial charge on any atom is -0.373 e. The van der Waals surface area contributed by atoms with Gasteiger partial charge >= 0.3 is 0 Å². The van der Waals surface area contributed by atoms with Crippen LogP contribution >= 0.6 is 0 Å². The van der Waals surface area contributed by atoms with Crippen LogP contribution in [-0.4, -0.2) is 51.1 Å². The van der Waals surface area contributed by atoms with E-state index in [1.54, 1.807) is 19.3 Å². The molecule has 156 valence electrons. The summed E-state index contributed by atoms with van der Waals surface area (Å²) in [6.45, 7) is 5.11. The molecule has 3 aromatic heterocycles. The molecule has 4 rings (SSSR count). The molecule has 0 bridgehead atoms. The molecule has 8 nitrogen and oxygen atoms in total. The van der Waals surface area contributed by atoms with Crippen LogP contribution < -0.4 is 5.32 Å². The van der Waals surface area contributed by atoms with Gasteiger partial charge in [-0.3, -0.25) is 9.78 Å². The number of hydrogen-bond acceptors (Lipinski definition) is 7.